The number of hydrogen-bond donors (Lipinski definition) is 1. The largest absolute Gasteiger partial charge is 0.444 e. The molecule has 1 amide bonds. The van der Waals surface area contributed by atoms with Crippen molar-refractivity contribution in [2.75, 3.05) is 19.8 Å². The molecule has 1 fully saturated rings. The van der Waals surface area contributed by atoms with Gasteiger partial charge >= 0.3 is 6.09 Å². The lowest BCUT2D eigenvalue weighted by Crippen LogP contribution is -2.51. The highest BCUT2D eigenvalue weighted by atomic mass is 19.1. The topological polar surface area (TPSA) is 49.8 Å². The van der Waals surface area contributed by atoms with E-state index < -0.39 is 23.9 Å². The Balaban J connectivity index is 2.77. The van der Waals surface area contributed by atoms with Gasteiger partial charge in [-0.05, 0) is 33.6 Å². The van der Waals surface area contributed by atoms with Crippen LogP contribution in [-0.2, 0) is 4.74 Å². The van der Waals surface area contributed by atoms with Crippen LogP contribution in [0.1, 0.15) is 40.0 Å². The summed E-state index contributed by atoms with van der Waals surface area (Å²) in [5, 5.41) is 9.45. The van der Waals surface area contributed by atoms with Gasteiger partial charge in [0.1, 0.15) is 5.60 Å². The molecule has 4 nitrogen and oxygen atoms in total. The third-order valence-electron chi connectivity index (χ3n) is 3.06. The van der Waals surface area contributed by atoms with Gasteiger partial charge in [0, 0.05) is 13.0 Å². The first kappa shape index (κ1) is 14.2. The zero-order chi connectivity index (χ0) is 13.1. The molecule has 0 spiro atoms. The van der Waals surface area contributed by atoms with Crippen molar-refractivity contribution < 1.29 is 19.0 Å². The quantitative estimate of drug-likeness (QED) is 0.831. The van der Waals surface area contributed by atoms with E-state index in [4.69, 9.17) is 4.74 Å². The molecular formula is C12H22FNO3. The van der Waals surface area contributed by atoms with Crippen LogP contribution in [0.2, 0.25) is 0 Å². The van der Waals surface area contributed by atoms with Crippen molar-refractivity contribution in [1.82, 2.24) is 4.90 Å². The fourth-order valence-corrected chi connectivity index (χ4v) is 2.22. The molecule has 0 saturated carbocycles. The van der Waals surface area contributed by atoms with Gasteiger partial charge in [0.25, 0.3) is 0 Å². The number of nitrogens with zero attached hydrogens (tertiary/aromatic N) is 1. The van der Waals surface area contributed by atoms with Crippen LogP contribution < -0.4 is 0 Å². The smallest absolute Gasteiger partial charge is 0.410 e. The van der Waals surface area contributed by atoms with Crippen LogP contribution in [0.5, 0.6) is 0 Å². The molecule has 1 heterocycles. The number of aliphatic hydroxyl groups excluding tert-OH is 1. The van der Waals surface area contributed by atoms with Crippen LogP contribution in [0.25, 0.3) is 0 Å². The van der Waals surface area contributed by atoms with Gasteiger partial charge in [0.2, 0.25) is 0 Å². The summed E-state index contributed by atoms with van der Waals surface area (Å²) in [5.74, 6) is 0. The molecule has 0 aromatic carbocycles. The van der Waals surface area contributed by atoms with E-state index >= 15 is 0 Å². The lowest BCUT2D eigenvalue weighted by Gasteiger charge is -2.37. The third kappa shape index (κ3) is 3.31. The number of amides is 1. The molecule has 0 aromatic rings. The Kier molecular flexibility index (Phi) is 4.36. The second-order valence-corrected chi connectivity index (χ2v) is 5.56. The Hall–Kier alpha value is -0.840. The van der Waals surface area contributed by atoms with Crippen LogP contribution in [0.15, 0.2) is 0 Å². The van der Waals surface area contributed by atoms with Gasteiger partial charge in [-0.3, -0.25) is 4.39 Å². The normalized spacial score (nSPS) is 25.1. The first-order valence-corrected chi connectivity index (χ1v) is 6.02. The van der Waals surface area contributed by atoms with Gasteiger partial charge in [-0.25, -0.2) is 4.79 Å². The maximum atomic E-state index is 12.6. The van der Waals surface area contributed by atoms with Gasteiger partial charge in [-0.1, -0.05) is 0 Å². The first-order chi connectivity index (χ1) is 7.84. The fourth-order valence-electron chi connectivity index (χ4n) is 2.22. The SMILES string of the molecule is CC(C)(C)OC(=O)N1CCCC1(CO)CCF. The highest BCUT2D eigenvalue weighted by Gasteiger charge is 2.44. The molecule has 0 bridgehead atoms. The minimum absolute atomic E-state index is 0.169. The lowest BCUT2D eigenvalue weighted by atomic mass is 9.94. The molecule has 5 heteroatoms. The number of alkyl halides is 1. The zero-order valence-electron chi connectivity index (χ0n) is 10.8. The second kappa shape index (κ2) is 5.21. The van der Waals surface area contributed by atoms with Crippen molar-refractivity contribution in [3.05, 3.63) is 0 Å². The number of carbonyl (C=O) groups is 1. The molecule has 0 radical (unpaired) electrons. The summed E-state index contributed by atoms with van der Waals surface area (Å²) in [6.07, 6.45) is 1.12. The molecule has 1 saturated heterocycles. The summed E-state index contributed by atoms with van der Waals surface area (Å²) in [5.41, 5.74) is -1.34. The summed E-state index contributed by atoms with van der Waals surface area (Å²) in [6, 6.07) is 0. The minimum atomic E-state index is -0.767. The summed E-state index contributed by atoms with van der Waals surface area (Å²) in [4.78, 5) is 13.5. The molecule has 1 atom stereocenters. The number of rotatable bonds is 3. The van der Waals surface area contributed by atoms with Crippen molar-refractivity contribution in [1.29, 1.82) is 0 Å². The van der Waals surface area contributed by atoms with E-state index in [0.29, 0.717) is 13.0 Å². The average molecular weight is 247 g/mol. The summed E-state index contributed by atoms with van der Waals surface area (Å²) in [7, 11) is 0. The van der Waals surface area contributed by atoms with Gasteiger partial charge < -0.3 is 14.7 Å². The molecular weight excluding hydrogens is 225 g/mol. The molecule has 17 heavy (non-hydrogen) atoms. The van der Waals surface area contributed by atoms with E-state index in [2.05, 4.69) is 0 Å². The summed E-state index contributed by atoms with van der Waals surface area (Å²) >= 11 is 0. The van der Waals surface area contributed by atoms with Crippen LogP contribution in [0.3, 0.4) is 0 Å². The molecule has 0 aromatic heterocycles. The fraction of sp³-hybridized carbons (Fsp3) is 0.917. The van der Waals surface area contributed by atoms with E-state index in [0.717, 1.165) is 6.42 Å². The van der Waals surface area contributed by atoms with Crippen LogP contribution in [0.4, 0.5) is 9.18 Å². The van der Waals surface area contributed by atoms with E-state index in [9.17, 15) is 14.3 Å². The van der Waals surface area contributed by atoms with Crippen molar-refractivity contribution in [3.63, 3.8) is 0 Å². The molecule has 100 valence electrons. The molecule has 1 N–H and O–H groups in total. The molecule has 1 unspecified atom stereocenters. The van der Waals surface area contributed by atoms with Gasteiger partial charge in [-0.15, -0.1) is 0 Å². The molecule has 0 aliphatic carbocycles. The summed E-state index contributed by atoms with van der Waals surface area (Å²) < 4.78 is 17.8. The number of halogens is 1. The predicted octanol–water partition coefficient (Wildman–Crippen LogP) is 2.11. The van der Waals surface area contributed by atoms with Crippen molar-refractivity contribution in [3.8, 4) is 0 Å². The van der Waals surface area contributed by atoms with Gasteiger partial charge in [0.05, 0.1) is 18.8 Å². The zero-order valence-corrected chi connectivity index (χ0v) is 10.8. The number of likely N-dealkylation sites (tertiary alicyclic amines) is 1. The minimum Gasteiger partial charge on any atom is -0.444 e. The molecule has 1 aliphatic rings. The Morgan fingerprint density at radius 1 is 1.53 bits per heavy atom. The monoisotopic (exact) mass is 247 g/mol. The molecule has 1 aliphatic heterocycles. The van der Waals surface area contributed by atoms with E-state index in [-0.39, 0.29) is 13.0 Å². The third-order valence-corrected chi connectivity index (χ3v) is 3.06. The van der Waals surface area contributed by atoms with Crippen molar-refractivity contribution >= 4 is 6.09 Å². The number of ether oxygens (including phenoxy) is 1. The van der Waals surface area contributed by atoms with Gasteiger partial charge in [-0.2, -0.15) is 0 Å². The van der Waals surface area contributed by atoms with Crippen molar-refractivity contribution in [2.24, 2.45) is 0 Å². The van der Waals surface area contributed by atoms with E-state index in [1.807, 2.05) is 0 Å². The van der Waals surface area contributed by atoms with Crippen molar-refractivity contribution in [2.45, 2.75) is 51.2 Å². The standard InChI is InChI=1S/C12H22FNO3/c1-11(2,3)17-10(16)14-8-4-5-12(14,9-15)6-7-13/h15H,4-9H2,1-3H3. The predicted molar refractivity (Wildman–Crippen MR) is 62.6 cm³/mol. The van der Waals surface area contributed by atoms with E-state index in [1.165, 1.54) is 4.90 Å². The number of hydrogen-bond acceptors (Lipinski definition) is 3. The average Bonchev–Trinajstić information content (AvgIpc) is 2.60. The lowest BCUT2D eigenvalue weighted by molar-refractivity contribution is -0.00828. The summed E-state index contributed by atoms with van der Waals surface area (Å²) in [6.45, 7) is 5.13. The second-order valence-electron chi connectivity index (χ2n) is 5.56. The number of carbonyl (C=O) groups excluding carboxylic acids is 1. The maximum Gasteiger partial charge on any atom is 0.410 e. The Morgan fingerprint density at radius 2 is 2.18 bits per heavy atom. The van der Waals surface area contributed by atoms with Crippen LogP contribution in [-0.4, -0.2) is 47.1 Å². The first-order valence-electron chi connectivity index (χ1n) is 6.02. The molecule has 1 rings (SSSR count). The number of aliphatic hydroxyl groups is 1. The Labute approximate surface area is 102 Å². The van der Waals surface area contributed by atoms with Crippen LogP contribution >= 0.6 is 0 Å². The Bertz CT molecular complexity index is 277. The van der Waals surface area contributed by atoms with Gasteiger partial charge in [0.15, 0.2) is 0 Å². The maximum absolute atomic E-state index is 12.6. The highest BCUT2D eigenvalue weighted by Crippen LogP contribution is 2.33. The Morgan fingerprint density at radius 3 is 2.65 bits per heavy atom. The highest BCUT2D eigenvalue weighted by molar-refractivity contribution is 5.69. The van der Waals surface area contributed by atoms with E-state index in [1.54, 1.807) is 20.8 Å². The van der Waals surface area contributed by atoms with Crippen LogP contribution in [0, 0.1) is 0 Å².